The molecule has 0 saturated heterocycles. The summed E-state index contributed by atoms with van der Waals surface area (Å²) in [5.41, 5.74) is 0.159. The number of nitrogens with zero attached hydrogens (tertiary/aromatic N) is 1. The summed E-state index contributed by atoms with van der Waals surface area (Å²) in [4.78, 5) is 4.67. The summed E-state index contributed by atoms with van der Waals surface area (Å²) in [6.07, 6.45) is 2.98. The Morgan fingerprint density at radius 3 is 2.27 bits per heavy atom. The molecule has 0 amide bonds. The van der Waals surface area contributed by atoms with Crippen molar-refractivity contribution in [3.05, 3.63) is 0 Å². The van der Waals surface area contributed by atoms with Gasteiger partial charge in [0.05, 0.1) is 5.75 Å². The third kappa shape index (κ3) is 11.8. The van der Waals surface area contributed by atoms with Gasteiger partial charge in [0.1, 0.15) is 9.84 Å². The van der Waals surface area contributed by atoms with E-state index in [0.29, 0.717) is 12.3 Å². The number of hydrogen-bond donors (Lipinski definition) is 2. The summed E-state index contributed by atoms with van der Waals surface area (Å²) < 4.78 is 22.5. The van der Waals surface area contributed by atoms with Gasteiger partial charge in [-0.3, -0.25) is 4.99 Å². The number of guanidine groups is 1. The van der Waals surface area contributed by atoms with E-state index in [0.717, 1.165) is 25.5 Å². The monoisotopic (exact) mass is 333 g/mol. The minimum absolute atomic E-state index is 0.0701. The first-order valence-corrected chi connectivity index (χ1v) is 10.2. The molecule has 0 saturated carbocycles. The Kier molecular flexibility index (Phi) is 9.05. The summed E-state index contributed by atoms with van der Waals surface area (Å²) in [6, 6.07) is 0.0701. The Hall–Kier alpha value is -0.780. The van der Waals surface area contributed by atoms with Gasteiger partial charge in [0.15, 0.2) is 5.96 Å². The fraction of sp³-hybridized carbons (Fsp3) is 0.938. The highest BCUT2D eigenvalue weighted by Crippen LogP contribution is 2.25. The summed E-state index contributed by atoms with van der Waals surface area (Å²) in [6.45, 7) is 14.5. The van der Waals surface area contributed by atoms with Crippen molar-refractivity contribution < 1.29 is 8.42 Å². The highest BCUT2D eigenvalue weighted by atomic mass is 32.2. The van der Waals surface area contributed by atoms with Crippen LogP contribution in [0.15, 0.2) is 4.99 Å². The third-order valence-corrected chi connectivity index (χ3v) is 4.25. The molecule has 2 N–H and O–H groups in total. The Labute approximate surface area is 137 Å². The van der Waals surface area contributed by atoms with Crippen molar-refractivity contribution in [1.82, 2.24) is 10.6 Å². The molecule has 5 nitrogen and oxygen atoms in total. The maximum Gasteiger partial charge on any atom is 0.191 e. The van der Waals surface area contributed by atoms with Crippen LogP contribution in [-0.2, 0) is 9.84 Å². The van der Waals surface area contributed by atoms with E-state index in [2.05, 4.69) is 43.3 Å². The number of hydrogen-bond acceptors (Lipinski definition) is 3. The fourth-order valence-electron chi connectivity index (χ4n) is 2.48. The lowest BCUT2D eigenvalue weighted by molar-refractivity contribution is 0.298. The zero-order valence-electron chi connectivity index (χ0n) is 15.4. The van der Waals surface area contributed by atoms with Crippen LogP contribution in [0, 0.1) is 11.3 Å². The van der Waals surface area contributed by atoms with Gasteiger partial charge in [-0.25, -0.2) is 8.42 Å². The predicted molar refractivity (Wildman–Crippen MR) is 96.1 cm³/mol. The molecule has 0 bridgehead atoms. The molecule has 0 aliphatic heterocycles. The van der Waals surface area contributed by atoms with Gasteiger partial charge in [0.2, 0.25) is 0 Å². The Balaban J connectivity index is 4.60. The molecule has 0 rings (SSSR count). The predicted octanol–water partition coefficient (Wildman–Crippen LogP) is 2.44. The molecule has 0 spiro atoms. The van der Waals surface area contributed by atoms with Crippen molar-refractivity contribution in [2.75, 3.05) is 25.1 Å². The summed E-state index contributed by atoms with van der Waals surface area (Å²) in [5, 5.41) is 6.52. The zero-order valence-corrected chi connectivity index (χ0v) is 16.2. The van der Waals surface area contributed by atoms with Crippen LogP contribution in [0.25, 0.3) is 0 Å². The molecule has 0 aromatic rings. The maximum absolute atomic E-state index is 11.2. The van der Waals surface area contributed by atoms with Gasteiger partial charge < -0.3 is 10.6 Å². The van der Waals surface area contributed by atoms with Crippen molar-refractivity contribution >= 4 is 15.8 Å². The molecular weight excluding hydrogens is 298 g/mol. The number of nitrogens with one attached hydrogen (secondary N) is 2. The van der Waals surface area contributed by atoms with Crippen molar-refractivity contribution in [3.8, 4) is 0 Å². The molecular formula is C16H35N3O2S. The van der Waals surface area contributed by atoms with E-state index < -0.39 is 9.84 Å². The Bertz CT molecular complexity index is 442. The minimum atomic E-state index is -2.92. The van der Waals surface area contributed by atoms with E-state index in [4.69, 9.17) is 0 Å². The van der Waals surface area contributed by atoms with Crippen molar-refractivity contribution in [1.29, 1.82) is 0 Å². The highest BCUT2D eigenvalue weighted by Gasteiger charge is 2.19. The van der Waals surface area contributed by atoms with Gasteiger partial charge >= 0.3 is 0 Å². The lowest BCUT2D eigenvalue weighted by Gasteiger charge is -2.25. The van der Waals surface area contributed by atoms with Crippen molar-refractivity contribution in [2.45, 2.75) is 60.4 Å². The van der Waals surface area contributed by atoms with E-state index in [1.165, 1.54) is 6.26 Å². The van der Waals surface area contributed by atoms with Crippen LogP contribution in [0.1, 0.15) is 54.4 Å². The lowest BCUT2D eigenvalue weighted by atomic mass is 9.84. The first-order valence-electron chi connectivity index (χ1n) is 8.18. The molecule has 0 aliphatic carbocycles. The van der Waals surface area contributed by atoms with Gasteiger partial charge in [0.25, 0.3) is 0 Å². The van der Waals surface area contributed by atoms with E-state index in [1.54, 1.807) is 0 Å². The van der Waals surface area contributed by atoms with Crippen LogP contribution in [0.5, 0.6) is 0 Å². The number of sulfone groups is 1. The van der Waals surface area contributed by atoms with Gasteiger partial charge in [-0.05, 0) is 38.0 Å². The third-order valence-electron chi connectivity index (χ3n) is 3.28. The number of rotatable bonds is 9. The standard InChI is InChI=1S/C16H35N3O2S/c1-8-17-15(18-12-16(5,6)11-13(2)3)19-14(4)9-10-22(7,20)21/h13-14H,8-12H2,1-7H3,(H2,17,18,19). The average Bonchev–Trinajstić information content (AvgIpc) is 2.31. The molecule has 0 aromatic carbocycles. The highest BCUT2D eigenvalue weighted by molar-refractivity contribution is 7.90. The SMILES string of the molecule is CCNC(=NCC(C)(C)CC(C)C)NC(C)CCS(C)(=O)=O. The normalized spacial score (nSPS) is 15.0. The molecule has 1 unspecified atom stereocenters. The molecule has 0 fully saturated rings. The second-order valence-electron chi connectivity index (χ2n) is 7.42. The number of aliphatic imine (C=N–C) groups is 1. The van der Waals surface area contributed by atoms with E-state index in [1.807, 2.05) is 13.8 Å². The van der Waals surface area contributed by atoms with Gasteiger partial charge in [-0.15, -0.1) is 0 Å². The van der Waals surface area contributed by atoms with Gasteiger partial charge in [-0.2, -0.15) is 0 Å². The second kappa shape index (κ2) is 9.38. The Morgan fingerprint density at radius 2 is 1.82 bits per heavy atom. The van der Waals surface area contributed by atoms with Crippen LogP contribution >= 0.6 is 0 Å². The van der Waals surface area contributed by atoms with E-state index >= 15 is 0 Å². The molecule has 1 atom stereocenters. The zero-order chi connectivity index (χ0) is 17.4. The van der Waals surface area contributed by atoms with E-state index in [-0.39, 0.29) is 17.2 Å². The van der Waals surface area contributed by atoms with Gasteiger partial charge in [0, 0.05) is 25.4 Å². The summed E-state index contributed by atoms with van der Waals surface area (Å²) in [5.74, 6) is 1.61. The quantitative estimate of drug-likeness (QED) is 0.502. The molecule has 0 radical (unpaired) electrons. The smallest absolute Gasteiger partial charge is 0.191 e. The Morgan fingerprint density at radius 1 is 1.23 bits per heavy atom. The molecule has 0 heterocycles. The second-order valence-corrected chi connectivity index (χ2v) is 9.68. The first kappa shape index (κ1) is 21.2. The van der Waals surface area contributed by atoms with Crippen molar-refractivity contribution in [2.24, 2.45) is 16.3 Å². The molecule has 6 heteroatoms. The molecule has 132 valence electrons. The topological polar surface area (TPSA) is 70.6 Å². The maximum atomic E-state index is 11.2. The molecule has 0 aliphatic rings. The van der Waals surface area contributed by atoms with Crippen LogP contribution in [0.4, 0.5) is 0 Å². The first-order chi connectivity index (χ1) is 9.95. The van der Waals surface area contributed by atoms with Crippen LogP contribution in [0.3, 0.4) is 0 Å². The molecule has 0 aromatic heterocycles. The summed E-state index contributed by atoms with van der Waals surface area (Å²) >= 11 is 0. The lowest BCUT2D eigenvalue weighted by Crippen LogP contribution is -2.43. The fourth-order valence-corrected chi connectivity index (χ4v) is 3.26. The largest absolute Gasteiger partial charge is 0.357 e. The average molecular weight is 334 g/mol. The van der Waals surface area contributed by atoms with Crippen molar-refractivity contribution in [3.63, 3.8) is 0 Å². The van der Waals surface area contributed by atoms with Gasteiger partial charge in [-0.1, -0.05) is 27.7 Å². The van der Waals surface area contributed by atoms with Crippen LogP contribution in [-0.4, -0.2) is 45.5 Å². The minimum Gasteiger partial charge on any atom is -0.357 e. The summed E-state index contributed by atoms with van der Waals surface area (Å²) in [7, 11) is -2.92. The van der Waals surface area contributed by atoms with E-state index in [9.17, 15) is 8.42 Å². The van der Waals surface area contributed by atoms with Crippen LogP contribution in [0.2, 0.25) is 0 Å². The van der Waals surface area contributed by atoms with Crippen LogP contribution < -0.4 is 10.6 Å². The molecule has 22 heavy (non-hydrogen) atoms.